The van der Waals surface area contributed by atoms with Gasteiger partial charge in [-0.2, -0.15) is 0 Å². The lowest BCUT2D eigenvalue weighted by atomic mass is 9.81. The Morgan fingerprint density at radius 1 is 1.09 bits per heavy atom. The average molecular weight is 291 g/mol. The first-order valence-electron chi connectivity index (χ1n) is 7.20. The number of carbonyl (C=O) groups is 1. The summed E-state index contributed by atoms with van der Waals surface area (Å²) in [4.78, 5) is 17.1. The fraction of sp³-hybridized carbons (Fsp3) is 0.158. The summed E-state index contributed by atoms with van der Waals surface area (Å²) < 4.78 is 5.43. The Bertz CT molecular complexity index is 722. The Morgan fingerprint density at radius 3 is 2.27 bits per heavy atom. The molecule has 0 fully saturated rings. The van der Waals surface area contributed by atoms with Crippen LogP contribution < -0.4 is 0 Å². The lowest BCUT2D eigenvalue weighted by molar-refractivity contribution is -0.138. The molecule has 2 atom stereocenters. The van der Waals surface area contributed by atoms with E-state index in [4.69, 9.17) is 4.74 Å². The zero-order valence-corrected chi connectivity index (χ0v) is 12.4. The number of ether oxygens (including phenoxy) is 1. The minimum atomic E-state index is -0.992. The highest BCUT2D eigenvalue weighted by molar-refractivity contribution is 6.08. The number of rotatable bonds is 4. The molecule has 0 unspecified atom stereocenters. The molecule has 3 heteroatoms. The molecule has 3 nitrogen and oxygen atoms in total. The van der Waals surface area contributed by atoms with Gasteiger partial charge in [-0.15, -0.1) is 6.58 Å². The molecule has 2 aromatic carbocycles. The van der Waals surface area contributed by atoms with Crippen molar-refractivity contribution in [2.24, 2.45) is 4.99 Å². The summed E-state index contributed by atoms with van der Waals surface area (Å²) in [5, 5.41) is 0. The van der Waals surface area contributed by atoms with Crippen LogP contribution in [0, 0.1) is 0 Å². The second kappa shape index (κ2) is 5.60. The van der Waals surface area contributed by atoms with Crippen LogP contribution in [0.15, 0.2) is 78.3 Å². The van der Waals surface area contributed by atoms with Gasteiger partial charge in [0.2, 0.25) is 5.90 Å². The highest BCUT2D eigenvalue weighted by Crippen LogP contribution is 2.37. The summed E-state index contributed by atoms with van der Waals surface area (Å²) in [5.41, 5.74) is 0.805. The Kier molecular flexibility index (Phi) is 3.63. The summed E-state index contributed by atoms with van der Waals surface area (Å²) >= 11 is 0. The molecule has 3 rings (SSSR count). The van der Waals surface area contributed by atoms with E-state index in [2.05, 4.69) is 11.6 Å². The highest BCUT2D eigenvalue weighted by Gasteiger charge is 2.47. The van der Waals surface area contributed by atoms with Gasteiger partial charge in [0.05, 0.1) is 0 Å². The van der Waals surface area contributed by atoms with E-state index in [-0.39, 0.29) is 11.9 Å². The van der Waals surface area contributed by atoms with Crippen molar-refractivity contribution in [3.63, 3.8) is 0 Å². The highest BCUT2D eigenvalue weighted by atomic mass is 16.6. The van der Waals surface area contributed by atoms with Crippen molar-refractivity contribution in [1.82, 2.24) is 0 Å². The van der Waals surface area contributed by atoms with Crippen molar-refractivity contribution in [1.29, 1.82) is 0 Å². The minimum Gasteiger partial charge on any atom is -0.405 e. The predicted molar refractivity (Wildman–Crippen MR) is 86.9 cm³/mol. The van der Waals surface area contributed by atoms with Crippen LogP contribution in [-0.2, 0) is 9.53 Å². The fourth-order valence-corrected chi connectivity index (χ4v) is 2.72. The lowest BCUT2D eigenvalue weighted by Crippen LogP contribution is -2.36. The predicted octanol–water partition coefficient (Wildman–Crippen LogP) is 3.72. The van der Waals surface area contributed by atoms with Crippen LogP contribution in [0.3, 0.4) is 0 Å². The standard InChI is InChI=1S/C19H17NO2/c1-3-16(14-10-6-4-7-11-14)19(2)18(21)22-17(20-19)15-12-8-5-9-13-15/h3-13,16H,1H2,2H3/t16-,19-/m1/s1. The molecule has 22 heavy (non-hydrogen) atoms. The smallest absolute Gasteiger partial charge is 0.341 e. The van der Waals surface area contributed by atoms with Gasteiger partial charge in [0.25, 0.3) is 0 Å². The molecular formula is C19H17NO2. The quantitative estimate of drug-likeness (QED) is 0.636. The van der Waals surface area contributed by atoms with E-state index in [9.17, 15) is 4.79 Å². The molecule has 0 bridgehead atoms. The third-order valence-corrected chi connectivity index (χ3v) is 3.96. The van der Waals surface area contributed by atoms with Crippen molar-refractivity contribution in [2.45, 2.75) is 18.4 Å². The normalized spacial score (nSPS) is 21.9. The molecule has 1 heterocycles. The van der Waals surface area contributed by atoms with Crippen LogP contribution in [0.1, 0.15) is 24.0 Å². The molecule has 0 saturated carbocycles. The third-order valence-electron chi connectivity index (χ3n) is 3.96. The van der Waals surface area contributed by atoms with E-state index in [1.165, 1.54) is 0 Å². The van der Waals surface area contributed by atoms with Gasteiger partial charge in [-0.1, -0.05) is 54.6 Å². The number of aliphatic imine (C=N–C) groups is 1. The molecule has 0 spiro atoms. The van der Waals surface area contributed by atoms with Crippen LogP contribution in [0.5, 0.6) is 0 Å². The lowest BCUT2D eigenvalue weighted by Gasteiger charge is -2.25. The Labute approximate surface area is 130 Å². The number of carbonyl (C=O) groups excluding carboxylic acids is 1. The van der Waals surface area contributed by atoms with Crippen molar-refractivity contribution >= 4 is 11.9 Å². The first-order chi connectivity index (χ1) is 10.6. The van der Waals surface area contributed by atoms with Gasteiger partial charge < -0.3 is 4.74 Å². The van der Waals surface area contributed by atoms with Crippen LogP contribution in [0.2, 0.25) is 0 Å². The van der Waals surface area contributed by atoms with Gasteiger partial charge in [0, 0.05) is 11.5 Å². The van der Waals surface area contributed by atoms with E-state index in [1.54, 1.807) is 13.0 Å². The molecule has 0 N–H and O–H groups in total. The summed E-state index contributed by atoms with van der Waals surface area (Å²) in [6, 6.07) is 19.2. The summed E-state index contributed by atoms with van der Waals surface area (Å²) in [5.74, 6) is -0.210. The van der Waals surface area contributed by atoms with Gasteiger partial charge >= 0.3 is 5.97 Å². The maximum Gasteiger partial charge on any atom is 0.341 e. The second-order valence-corrected chi connectivity index (χ2v) is 5.44. The van der Waals surface area contributed by atoms with Gasteiger partial charge in [-0.3, -0.25) is 0 Å². The number of benzene rings is 2. The maximum atomic E-state index is 12.5. The van der Waals surface area contributed by atoms with Gasteiger partial charge in [0.1, 0.15) is 0 Å². The minimum absolute atomic E-state index is 0.234. The Hall–Kier alpha value is -2.68. The average Bonchev–Trinajstić information content (AvgIpc) is 2.86. The van der Waals surface area contributed by atoms with E-state index < -0.39 is 5.54 Å². The fourth-order valence-electron chi connectivity index (χ4n) is 2.72. The molecular weight excluding hydrogens is 274 g/mol. The molecule has 110 valence electrons. The molecule has 0 aliphatic carbocycles. The zero-order valence-electron chi connectivity index (χ0n) is 12.4. The third kappa shape index (κ3) is 2.35. The van der Waals surface area contributed by atoms with Crippen molar-refractivity contribution in [3.8, 4) is 0 Å². The molecule has 1 aliphatic heterocycles. The van der Waals surface area contributed by atoms with E-state index in [0.717, 1.165) is 11.1 Å². The van der Waals surface area contributed by atoms with Gasteiger partial charge in [-0.05, 0) is 24.6 Å². The van der Waals surface area contributed by atoms with Crippen molar-refractivity contribution in [3.05, 3.63) is 84.4 Å². The SMILES string of the molecule is C=C[C@H](c1ccccc1)[C@@]1(C)N=C(c2ccccc2)OC1=O. The summed E-state index contributed by atoms with van der Waals surface area (Å²) in [6.45, 7) is 5.68. The summed E-state index contributed by atoms with van der Waals surface area (Å²) in [7, 11) is 0. The van der Waals surface area contributed by atoms with E-state index in [1.807, 2.05) is 60.7 Å². The molecule has 2 aromatic rings. The molecule has 0 aromatic heterocycles. The largest absolute Gasteiger partial charge is 0.405 e. The zero-order chi connectivity index (χ0) is 15.6. The maximum absolute atomic E-state index is 12.5. The van der Waals surface area contributed by atoms with Crippen molar-refractivity contribution < 1.29 is 9.53 Å². The number of esters is 1. The van der Waals surface area contributed by atoms with Crippen LogP contribution in [0.4, 0.5) is 0 Å². The van der Waals surface area contributed by atoms with Crippen LogP contribution in [-0.4, -0.2) is 17.4 Å². The molecule has 1 aliphatic rings. The molecule has 0 saturated heterocycles. The van der Waals surface area contributed by atoms with Gasteiger partial charge in [0.15, 0.2) is 5.54 Å². The Morgan fingerprint density at radius 2 is 1.68 bits per heavy atom. The van der Waals surface area contributed by atoms with Crippen LogP contribution >= 0.6 is 0 Å². The Balaban J connectivity index is 2.02. The molecule has 0 radical (unpaired) electrons. The van der Waals surface area contributed by atoms with Gasteiger partial charge in [-0.25, -0.2) is 9.79 Å². The first-order valence-corrected chi connectivity index (χ1v) is 7.20. The number of hydrogen-bond donors (Lipinski definition) is 0. The second-order valence-electron chi connectivity index (χ2n) is 5.44. The summed E-state index contributed by atoms with van der Waals surface area (Å²) in [6.07, 6.45) is 1.76. The number of nitrogens with zero attached hydrogens (tertiary/aromatic N) is 1. The van der Waals surface area contributed by atoms with Crippen LogP contribution in [0.25, 0.3) is 0 Å². The number of cyclic esters (lactones) is 1. The topological polar surface area (TPSA) is 38.7 Å². The van der Waals surface area contributed by atoms with E-state index >= 15 is 0 Å². The van der Waals surface area contributed by atoms with E-state index in [0.29, 0.717) is 5.90 Å². The first kappa shape index (κ1) is 14.3. The molecule has 0 amide bonds. The monoisotopic (exact) mass is 291 g/mol. The number of hydrogen-bond acceptors (Lipinski definition) is 3. The van der Waals surface area contributed by atoms with Crippen molar-refractivity contribution in [2.75, 3.05) is 0 Å².